The Bertz CT molecular complexity index is 1330. The van der Waals surface area contributed by atoms with Crippen molar-refractivity contribution in [3.63, 3.8) is 0 Å². The van der Waals surface area contributed by atoms with Gasteiger partial charge in [0.25, 0.3) is 5.91 Å². The van der Waals surface area contributed by atoms with Crippen LogP contribution in [-0.2, 0) is 11.3 Å². The van der Waals surface area contributed by atoms with E-state index >= 15 is 0 Å². The molecular formula is C26H30N9O2+. The van der Waals surface area contributed by atoms with Crippen molar-refractivity contribution >= 4 is 23.4 Å². The molecule has 1 aliphatic rings. The van der Waals surface area contributed by atoms with Crippen LogP contribution in [0.25, 0.3) is 5.69 Å². The average molecular weight is 501 g/mol. The Balaban J connectivity index is 1.30. The lowest BCUT2D eigenvalue weighted by Gasteiger charge is -2.33. The molecule has 4 aromatic rings. The molecule has 37 heavy (non-hydrogen) atoms. The smallest absolute Gasteiger partial charge is 0.254 e. The molecule has 0 bridgehead atoms. The fourth-order valence-electron chi connectivity index (χ4n) is 4.48. The number of quaternary nitrogens is 1. The summed E-state index contributed by atoms with van der Waals surface area (Å²) >= 11 is 0. The zero-order valence-corrected chi connectivity index (χ0v) is 20.3. The van der Waals surface area contributed by atoms with Crippen molar-refractivity contribution < 1.29 is 15.3 Å². The first kappa shape index (κ1) is 24.3. The lowest BCUT2D eigenvalue weighted by Crippen LogP contribution is -2.74. The van der Waals surface area contributed by atoms with Gasteiger partial charge in [0.1, 0.15) is 23.5 Å². The van der Waals surface area contributed by atoms with Crippen LogP contribution in [0.4, 0.5) is 17.5 Å². The van der Waals surface area contributed by atoms with Crippen LogP contribution in [0.5, 0.6) is 0 Å². The highest BCUT2D eigenvalue weighted by molar-refractivity contribution is 5.98. The normalized spacial score (nSPS) is 19.3. The summed E-state index contributed by atoms with van der Waals surface area (Å²) < 4.78 is 6.22. The summed E-state index contributed by atoms with van der Waals surface area (Å²) in [7, 11) is 0. The molecule has 2 heterocycles. The highest BCUT2D eigenvalue weighted by atomic mass is 16.5. The summed E-state index contributed by atoms with van der Waals surface area (Å²) in [5.74, 6) is 0.0738. The Morgan fingerprint density at radius 3 is 2.70 bits per heavy atom. The molecule has 7 N–H and O–H groups in total. The fraction of sp³-hybridized carbons (Fsp3) is 0.269. The molecular weight excluding hydrogens is 470 g/mol. The quantitative estimate of drug-likeness (QED) is 0.272. The number of carbonyl (C=O) groups excluding carboxylic acids is 1. The van der Waals surface area contributed by atoms with Crippen LogP contribution < -0.4 is 22.1 Å². The van der Waals surface area contributed by atoms with E-state index in [0.717, 1.165) is 30.5 Å². The number of nitrogens with two attached hydrogens (primary N) is 1. The summed E-state index contributed by atoms with van der Waals surface area (Å²) in [6.45, 7) is 0.551. The summed E-state index contributed by atoms with van der Waals surface area (Å²) in [5.41, 5.74) is 12.8. The predicted molar refractivity (Wildman–Crippen MR) is 138 cm³/mol. The van der Waals surface area contributed by atoms with Crippen molar-refractivity contribution in [2.75, 3.05) is 10.6 Å². The van der Waals surface area contributed by atoms with Gasteiger partial charge in [0.2, 0.25) is 5.95 Å². The van der Waals surface area contributed by atoms with Crippen LogP contribution in [0.15, 0.2) is 73.2 Å². The van der Waals surface area contributed by atoms with Gasteiger partial charge in [0.05, 0.1) is 30.7 Å². The van der Waals surface area contributed by atoms with E-state index in [0.29, 0.717) is 24.1 Å². The standard InChI is InChI=1S/C26H29N9O2/c27-23-21(10-5-11-22(23)37-16-17-6-2-1-3-7-17)33-26-29-15-20(24(28)36)25(34-26)32-18-8-4-9-19(14-18)35-30-12-13-31-35/h1-4,6-9,12-15,21-23H,5,10-11,16,27H2,(H2,28,36)(H2,29,32,33,34)/p+1. The molecule has 0 aliphatic heterocycles. The molecule has 1 saturated carbocycles. The molecule has 1 aliphatic carbocycles. The number of anilines is 3. The van der Waals surface area contributed by atoms with Gasteiger partial charge in [-0.1, -0.05) is 36.4 Å². The van der Waals surface area contributed by atoms with E-state index < -0.39 is 5.91 Å². The number of amides is 1. The molecule has 2 aromatic heterocycles. The predicted octanol–water partition coefficient (Wildman–Crippen LogP) is 2.06. The number of hydrogen-bond acceptors (Lipinski definition) is 8. The van der Waals surface area contributed by atoms with E-state index in [2.05, 4.69) is 48.7 Å². The van der Waals surface area contributed by atoms with Gasteiger partial charge >= 0.3 is 0 Å². The lowest BCUT2D eigenvalue weighted by atomic mass is 9.88. The zero-order valence-electron chi connectivity index (χ0n) is 20.3. The third kappa shape index (κ3) is 5.90. The van der Waals surface area contributed by atoms with Gasteiger partial charge in [0, 0.05) is 11.9 Å². The maximum Gasteiger partial charge on any atom is 0.254 e. The molecule has 2 aromatic carbocycles. The van der Waals surface area contributed by atoms with Crippen molar-refractivity contribution in [2.45, 2.75) is 44.1 Å². The summed E-state index contributed by atoms with van der Waals surface area (Å²) in [6.07, 6.45) is 7.53. The van der Waals surface area contributed by atoms with Gasteiger partial charge in [-0.15, -0.1) is 0 Å². The van der Waals surface area contributed by atoms with E-state index in [4.69, 9.17) is 10.5 Å². The molecule has 11 heteroatoms. The van der Waals surface area contributed by atoms with Crippen LogP contribution in [0.2, 0.25) is 0 Å². The van der Waals surface area contributed by atoms with Gasteiger partial charge in [-0.05, 0) is 43.0 Å². The number of primary amides is 1. The second-order valence-electron chi connectivity index (χ2n) is 8.99. The fourth-order valence-corrected chi connectivity index (χ4v) is 4.48. The minimum atomic E-state index is -0.624. The second-order valence-corrected chi connectivity index (χ2v) is 8.99. The number of nitrogens with one attached hydrogen (secondary N) is 2. The molecule has 1 fully saturated rings. The summed E-state index contributed by atoms with van der Waals surface area (Å²) in [4.78, 5) is 22.5. The molecule has 11 nitrogen and oxygen atoms in total. The Morgan fingerprint density at radius 2 is 1.92 bits per heavy atom. The van der Waals surface area contributed by atoms with Crippen LogP contribution in [-0.4, -0.2) is 49.1 Å². The van der Waals surface area contributed by atoms with Gasteiger partial charge in [-0.3, -0.25) is 4.79 Å². The third-order valence-corrected chi connectivity index (χ3v) is 6.43. The molecule has 1 amide bonds. The largest absolute Gasteiger partial charge is 0.367 e. The number of rotatable bonds is 9. The number of benzene rings is 2. The number of ether oxygens (including phenoxy) is 1. The summed E-state index contributed by atoms with van der Waals surface area (Å²) in [6, 6.07) is 17.6. The number of hydrogen-bond donors (Lipinski definition) is 4. The zero-order chi connectivity index (χ0) is 25.6. The molecule has 0 saturated heterocycles. The number of aromatic nitrogens is 5. The van der Waals surface area contributed by atoms with Gasteiger partial charge in [-0.25, -0.2) is 4.98 Å². The third-order valence-electron chi connectivity index (χ3n) is 6.43. The number of carbonyl (C=O) groups is 1. The lowest BCUT2D eigenvalue weighted by molar-refractivity contribution is -0.447. The Labute approximate surface area is 214 Å². The van der Waals surface area contributed by atoms with E-state index in [1.54, 1.807) is 12.4 Å². The van der Waals surface area contributed by atoms with Gasteiger partial charge in [-0.2, -0.15) is 20.0 Å². The summed E-state index contributed by atoms with van der Waals surface area (Å²) in [5, 5.41) is 14.9. The highest BCUT2D eigenvalue weighted by Crippen LogP contribution is 2.25. The maximum absolute atomic E-state index is 12.1. The van der Waals surface area contributed by atoms with E-state index in [-0.39, 0.29) is 23.8 Å². The molecule has 190 valence electrons. The maximum atomic E-state index is 12.1. The first-order valence-electron chi connectivity index (χ1n) is 12.2. The SMILES string of the molecule is NC(=O)c1cnc(NC2CCCC(OCc3ccccc3)C2[NH3+])nc1Nc1cccc(-n2nccn2)c1. The molecule has 3 unspecified atom stereocenters. The van der Waals surface area contributed by atoms with E-state index in [1.807, 2.05) is 42.5 Å². The Morgan fingerprint density at radius 1 is 1.11 bits per heavy atom. The highest BCUT2D eigenvalue weighted by Gasteiger charge is 2.35. The van der Waals surface area contributed by atoms with Gasteiger partial charge in [0.15, 0.2) is 0 Å². The van der Waals surface area contributed by atoms with Crippen molar-refractivity contribution in [1.29, 1.82) is 0 Å². The minimum Gasteiger partial charge on any atom is -0.367 e. The molecule has 0 radical (unpaired) electrons. The first-order valence-corrected chi connectivity index (χ1v) is 12.2. The van der Waals surface area contributed by atoms with Crippen LogP contribution in [0, 0.1) is 0 Å². The molecule has 0 spiro atoms. The van der Waals surface area contributed by atoms with Gasteiger partial charge < -0.3 is 26.8 Å². The van der Waals surface area contributed by atoms with Crippen molar-refractivity contribution in [3.05, 3.63) is 84.3 Å². The van der Waals surface area contributed by atoms with E-state index in [1.165, 1.54) is 11.0 Å². The van der Waals surface area contributed by atoms with Crippen molar-refractivity contribution in [2.24, 2.45) is 5.73 Å². The molecule has 5 rings (SSSR count). The van der Waals surface area contributed by atoms with Crippen LogP contribution in [0.3, 0.4) is 0 Å². The Hall–Kier alpha value is -4.35. The second kappa shape index (κ2) is 11.1. The van der Waals surface area contributed by atoms with Crippen molar-refractivity contribution in [3.8, 4) is 5.69 Å². The monoisotopic (exact) mass is 500 g/mol. The average Bonchev–Trinajstić information content (AvgIpc) is 3.45. The van der Waals surface area contributed by atoms with Crippen LogP contribution in [0.1, 0.15) is 35.2 Å². The topological polar surface area (TPSA) is 161 Å². The first-order chi connectivity index (χ1) is 18.1. The van der Waals surface area contributed by atoms with E-state index in [9.17, 15) is 4.79 Å². The molecule has 3 atom stereocenters. The van der Waals surface area contributed by atoms with Crippen molar-refractivity contribution in [1.82, 2.24) is 25.0 Å². The minimum absolute atomic E-state index is 0.00606. The number of nitrogens with zero attached hydrogens (tertiary/aromatic N) is 5. The van der Waals surface area contributed by atoms with Crippen LogP contribution >= 0.6 is 0 Å². The Kier molecular flexibility index (Phi) is 7.33.